The van der Waals surface area contributed by atoms with E-state index in [1.807, 2.05) is 16.9 Å². The summed E-state index contributed by atoms with van der Waals surface area (Å²) >= 11 is 0. The van der Waals surface area contributed by atoms with Crippen LogP contribution in [0.3, 0.4) is 0 Å². The molecule has 5 heteroatoms. The van der Waals surface area contributed by atoms with Gasteiger partial charge < -0.3 is 0 Å². The lowest BCUT2D eigenvalue weighted by atomic mass is 9.96. The van der Waals surface area contributed by atoms with Crippen LogP contribution in [0.15, 0.2) is 30.9 Å². The van der Waals surface area contributed by atoms with Gasteiger partial charge in [0.15, 0.2) is 5.78 Å². The summed E-state index contributed by atoms with van der Waals surface area (Å²) in [6.45, 7) is 0. The molecule has 0 unspecified atom stereocenters. The molecule has 0 N–H and O–H groups in total. The molecule has 2 aromatic rings. The molecule has 0 amide bonds. The van der Waals surface area contributed by atoms with Crippen LogP contribution in [0, 0.1) is 0 Å². The summed E-state index contributed by atoms with van der Waals surface area (Å²) < 4.78 is 2.03. The zero-order valence-electron chi connectivity index (χ0n) is 11.4. The Balaban J connectivity index is 1.66. The lowest BCUT2D eigenvalue weighted by Gasteiger charge is -2.21. The van der Waals surface area contributed by atoms with Crippen LogP contribution in [-0.2, 0) is 6.42 Å². The van der Waals surface area contributed by atoms with E-state index >= 15 is 0 Å². The third-order valence-electron chi connectivity index (χ3n) is 3.80. The molecule has 0 radical (unpaired) electrons. The number of Topliss-reactive ketones (excluding diaryl/α,β-unsaturated/α-hetero) is 1. The fourth-order valence-electron chi connectivity index (χ4n) is 2.72. The molecular formula is C15H18N4O. The van der Waals surface area contributed by atoms with Crippen molar-refractivity contribution >= 4 is 5.78 Å². The van der Waals surface area contributed by atoms with Gasteiger partial charge in [-0.25, -0.2) is 4.98 Å². The molecule has 104 valence electrons. The van der Waals surface area contributed by atoms with E-state index in [9.17, 15) is 4.79 Å². The van der Waals surface area contributed by atoms with E-state index in [2.05, 4.69) is 15.1 Å². The molecule has 5 nitrogen and oxygen atoms in total. The van der Waals surface area contributed by atoms with E-state index in [1.165, 1.54) is 44.5 Å². The van der Waals surface area contributed by atoms with Gasteiger partial charge >= 0.3 is 0 Å². The van der Waals surface area contributed by atoms with Crippen LogP contribution in [0.2, 0.25) is 0 Å². The van der Waals surface area contributed by atoms with Gasteiger partial charge in [0.2, 0.25) is 0 Å². The monoisotopic (exact) mass is 270 g/mol. The largest absolute Gasteiger partial charge is 0.292 e. The number of nitrogens with zero attached hydrogens (tertiary/aromatic N) is 4. The zero-order valence-corrected chi connectivity index (χ0v) is 11.4. The Morgan fingerprint density at radius 2 is 2.10 bits per heavy atom. The first kappa shape index (κ1) is 13.0. The smallest absolute Gasteiger partial charge is 0.188 e. The Labute approximate surface area is 118 Å². The highest BCUT2D eigenvalue weighted by atomic mass is 16.1. The van der Waals surface area contributed by atoms with Gasteiger partial charge in [0.25, 0.3) is 0 Å². The van der Waals surface area contributed by atoms with E-state index in [0.29, 0.717) is 18.2 Å². The fourth-order valence-corrected chi connectivity index (χ4v) is 2.72. The summed E-state index contributed by atoms with van der Waals surface area (Å²) in [5, 5.41) is 4.55. The molecule has 0 atom stereocenters. The van der Waals surface area contributed by atoms with E-state index < -0.39 is 0 Å². The highest BCUT2D eigenvalue weighted by Crippen LogP contribution is 2.27. The highest BCUT2D eigenvalue weighted by molar-refractivity contribution is 5.95. The van der Waals surface area contributed by atoms with E-state index in [0.717, 1.165) is 5.69 Å². The SMILES string of the molecule is O=C(Cc1ccn(C2CCCCC2)n1)c1cnccn1. The minimum atomic E-state index is -0.0352. The molecule has 1 saturated carbocycles. The van der Waals surface area contributed by atoms with E-state index in [4.69, 9.17) is 0 Å². The number of hydrogen-bond acceptors (Lipinski definition) is 4. The predicted molar refractivity (Wildman–Crippen MR) is 74.4 cm³/mol. The summed E-state index contributed by atoms with van der Waals surface area (Å²) in [6, 6.07) is 2.44. The van der Waals surface area contributed by atoms with Crippen LogP contribution in [-0.4, -0.2) is 25.5 Å². The minimum Gasteiger partial charge on any atom is -0.292 e. The van der Waals surface area contributed by atoms with Crippen molar-refractivity contribution in [2.45, 2.75) is 44.6 Å². The molecule has 3 rings (SSSR count). The van der Waals surface area contributed by atoms with Crippen LogP contribution in [0.1, 0.15) is 54.3 Å². The van der Waals surface area contributed by atoms with Crippen molar-refractivity contribution in [3.8, 4) is 0 Å². The summed E-state index contributed by atoms with van der Waals surface area (Å²) in [6.07, 6.45) is 13.2. The summed E-state index contributed by atoms with van der Waals surface area (Å²) in [7, 11) is 0. The van der Waals surface area contributed by atoms with Crippen molar-refractivity contribution in [2.24, 2.45) is 0 Å². The van der Waals surface area contributed by atoms with Crippen molar-refractivity contribution in [1.82, 2.24) is 19.7 Å². The molecule has 0 saturated heterocycles. The Kier molecular flexibility index (Phi) is 3.85. The van der Waals surface area contributed by atoms with Gasteiger partial charge in [-0.1, -0.05) is 19.3 Å². The first-order chi connectivity index (χ1) is 9.83. The fraction of sp³-hybridized carbons (Fsp3) is 0.467. The number of carbonyl (C=O) groups excluding carboxylic acids is 1. The number of carbonyl (C=O) groups is 1. The minimum absolute atomic E-state index is 0.0352. The second-order valence-corrected chi connectivity index (χ2v) is 5.27. The Morgan fingerprint density at radius 3 is 2.85 bits per heavy atom. The molecule has 20 heavy (non-hydrogen) atoms. The lowest BCUT2D eigenvalue weighted by Crippen LogP contribution is -2.14. The quantitative estimate of drug-likeness (QED) is 0.801. The molecule has 0 spiro atoms. The summed E-state index contributed by atoms with van der Waals surface area (Å²) in [5.41, 5.74) is 1.21. The van der Waals surface area contributed by atoms with Crippen LogP contribution in [0.25, 0.3) is 0 Å². The molecule has 1 aliphatic carbocycles. The molecule has 2 aromatic heterocycles. The maximum Gasteiger partial charge on any atom is 0.188 e. The molecule has 2 heterocycles. The average Bonchev–Trinajstić information content (AvgIpc) is 2.97. The maximum absolute atomic E-state index is 12.0. The van der Waals surface area contributed by atoms with Crippen LogP contribution >= 0.6 is 0 Å². The van der Waals surface area contributed by atoms with Crippen LogP contribution in [0.5, 0.6) is 0 Å². The number of aromatic nitrogens is 4. The molecule has 0 bridgehead atoms. The second-order valence-electron chi connectivity index (χ2n) is 5.27. The average molecular weight is 270 g/mol. The topological polar surface area (TPSA) is 60.7 Å². The third-order valence-corrected chi connectivity index (χ3v) is 3.80. The summed E-state index contributed by atoms with van der Waals surface area (Å²) in [4.78, 5) is 20.0. The van der Waals surface area contributed by atoms with Crippen molar-refractivity contribution in [2.75, 3.05) is 0 Å². The lowest BCUT2D eigenvalue weighted by molar-refractivity contribution is 0.0986. The molecule has 0 aliphatic heterocycles. The number of ketones is 1. The normalized spacial score (nSPS) is 16.2. The first-order valence-corrected chi connectivity index (χ1v) is 7.16. The molecular weight excluding hydrogens is 252 g/mol. The van der Waals surface area contributed by atoms with Gasteiger partial charge in [-0.15, -0.1) is 0 Å². The van der Waals surface area contributed by atoms with E-state index in [-0.39, 0.29) is 5.78 Å². The second kappa shape index (κ2) is 5.94. The third kappa shape index (κ3) is 2.92. The Morgan fingerprint density at radius 1 is 1.25 bits per heavy atom. The Bertz CT molecular complexity index is 573. The van der Waals surface area contributed by atoms with Crippen LogP contribution in [0.4, 0.5) is 0 Å². The Hall–Kier alpha value is -2.04. The number of rotatable bonds is 4. The zero-order chi connectivity index (χ0) is 13.8. The van der Waals surface area contributed by atoms with Crippen molar-refractivity contribution in [3.05, 3.63) is 42.2 Å². The predicted octanol–water partition coefficient (Wildman–Crippen LogP) is 2.60. The standard InChI is InChI=1S/C15H18N4O/c20-15(14-11-16-7-8-17-14)10-12-6-9-19(18-12)13-4-2-1-3-5-13/h6-9,11,13H,1-5,10H2. The van der Waals surface area contributed by atoms with Crippen molar-refractivity contribution < 1.29 is 4.79 Å². The van der Waals surface area contributed by atoms with Gasteiger partial charge in [0.1, 0.15) is 5.69 Å². The van der Waals surface area contributed by atoms with Gasteiger partial charge in [0, 0.05) is 18.6 Å². The first-order valence-electron chi connectivity index (χ1n) is 7.16. The summed E-state index contributed by atoms with van der Waals surface area (Å²) in [5.74, 6) is -0.0352. The van der Waals surface area contributed by atoms with E-state index in [1.54, 1.807) is 6.20 Å². The van der Waals surface area contributed by atoms with Crippen LogP contribution < -0.4 is 0 Å². The molecule has 1 aliphatic rings. The molecule has 1 fully saturated rings. The molecule has 0 aromatic carbocycles. The van der Waals surface area contributed by atoms with Crippen molar-refractivity contribution in [1.29, 1.82) is 0 Å². The van der Waals surface area contributed by atoms with Gasteiger partial charge in [-0.3, -0.25) is 14.5 Å². The van der Waals surface area contributed by atoms with Crippen molar-refractivity contribution in [3.63, 3.8) is 0 Å². The van der Waals surface area contributed by atoms with Gasteiger partial charge in [0.05, 0.1) is 24.4 Å². The van der Waals surface area contributed by atoms with Gasteiger partial charge in [-0.2, -0.15) is 5.10 Å². The number of hydrogen-bond donors (Lipinski definition) is 0. The maximum atomic E-state index is 12.0. The van der Waals surface area contributed by atoms with Gasteiger partial charge in [-0.05, 0) is 18.9 Å². The highest BCUT2D eigenvalue weighted by Gasteiger charge is 2.17.